The van der Waals surface area contributed by atoms with Gasteiger partial charge >= 0.3 is 0 Å². The van der Waals surface area contributed by atoms with Crippen molar-refractivity contribution in [1.82, 2.24) is 4.90 Å². The summed E-state index contributed by atoms with van der Waals surface area (Å²) in [7, 11) is 0. The van der Waals surface area contributed by atoms with Gasteiger partial charge in [0.2, 0.25) is 5.84 Å². The second kappa shape index (κ2) is 8.04. The summed E-state index contributed by atoms with van der Waals surface area (Å²) in [6, 6.07) is 18.5. The molecule has 1 aliphatic heterocycles. The van der Waals surface area contributed by atoms with Crippen molar-refractivity contribution in [2.45, 2.75) is 6.92 Å². The molecule has 0 bridgehead atoms. The van der Waals surface area contributed by atoms with E-state index < -0.39 is 0 Å². The Kier molecular flexibility index (Phi) is 5.56. The van der Waals surface area contributed by atoms with Crippen LogP contribution >= 0.6 is 12.2 Å². The zero-order chi connectivity index (χ0) is 16.8. The molecule has 1 saturated heterocycles. The van der Waals surface area contributed by atoms with E-state index in [1.54, 1.807) is 0 Å². The lowest BCUT2D eigenvalue weighted by atomic mass is 10.1. The molecule has 3 rings (SSSR count). The van der Waals surface area contributed by atoms with Gasteiger partial charge in [-0.05, 0) is 43.4 Å². The first-order valence-electron chi connectivity index (χ1n) is 8.12. The lowest BCUT2D eigenvalue weighted by Gasteiger charge is -2.23. The monoisotopic (exact) mass is 340 g/mol. The number of thiocarbonyl (C=S) groups is 1. The Labute approximate surface area is 148 Å². The Morgan fingerprint density at radius 2 is 1.71 bits per heavy atom. The van der Waals surface area contributed by atoms with Crippen molar-refractivity contribution in [3.63, 3.8) is 0 Å². The fraction of sp³-hybridized carbons (Fsp3) is 0.263. The number of hydrogen-bond acceptors (Lipinski definition) is 2. The standard InChI is InChI=1S/C19H21N3OS/c1-15-7-9-16(10-8-15)18(20-17-5-3-2-4-6-17)21-19(24)22-11-13-23-14-12-22/h2-10H,11-14H2,1H3,(H,20,21,24)/p+1. The molecule has 0 saturated carbocycles. The number of hydrogen-bond donors (Lipinski definition) is 2. The van der Waals surface area contributed by atoms with Gasteiger partial charge in [-0.25, -0.2) is 4.99 Å². The maximum Gasteiger partial charge on any atom is 0.290 e. The van der Waals surface area contributed by atoms with Crippen LogP contribution in [0.4, 0.5) is 5.69 Å². The van der Waals surface area contributed by atoms with Crippen LogP contribution in [0.5, 0.6) is 0 Å². The zero-order valence-electron chi connectivity index (χ0n) is 13.8. The predicted molar refractivity (Wildman–Crippen MR) is 101 cm³/mol. The van der Waals surface area contributed by atoms with Gasteiger partial charge in [0.25, 0.3) is 5.11 Å². The van der Waals surface area contributed by atoms with Crippen LogP contribution in [-0.2, 0) is 4.74 Å². The highest BCUT2D eigenvalue weighted by Gasteiger charge is 2.19. The van der Waals surface area contributed by atoms with E-state index in [1.165, 1.54) is 5.56 Å². The van der Waals surface area contributed by atoms with E-state index in [0.29, 0.717) is 13.2 Å². The zero-order valence-corrected chi connectivity index (χ0v) is 14.6. The van der Waals surface area contributed by atoms with Gasteiger partial charge in [-0.3, -0.25) is 10.2 Å². The van der Waals surface area contributed by atoms with Gasteiger partial charge in [0, 0.05) is 5.56 Å². The fourth-order valence-corrected chi connectivity index (χ4v) is 2.80. The molecule has 0 aliphatic carbocycles. The molecule has 0 amide bonds. The number of rotatable bonds is 2. The maximum absolute atomic E-state index is 5.59. The summed E-state index contributed by atoms with van der Waals surface area (Å²) in [5.74, 6) is 0.887. The number of morpholine rings is 1. The number of ether oxygens (including phenoxy) is 1. The molecular formula is C19H22N3OS+. The van der Waals surface area contributed by atoms with Crippen molar-refractivity contribution in [2.24, 2.45) is 0 Å². The molecule has 24 heavy (non-hydrogen) atoms. The highest BCUT2D eigenvalue weighted by Crippen LogP contribution is 2.08. The Bertz CT molecular complexity index is 707. The van der Waals surface area contributed by atoms with Crippen LogP contribution in [0.15, 0.2) is 54.6 Å². The molecule has 0 spiro atoms. The number of nitrogens with zero attached hydrogens (tertiary/aromatic N) is 1. The minimum absolute atomic E-state index is 0.716. The molecular weight excluding hydrogens is 318 g/mol. The third-order valence-electron chi connectivity index (χ3n) is 3.91. The summed E-state index contributed by atoms with van der Waals surface area (Å²) >= 11 is 5.59. The largest absolute Gasteiger partial charge is 0.375 e. The minimum Gasteiger partial charge on any atom is -0.375 e. The fourth-order valence-electron chi connectivity index (χ4n) is 2.51. The summed E-state index contributed by atoms with van der Waals surface area (Å²) in [6.45, 7) is 5.15. The number of para-hydroxylation sites is 1. The molecule has 124 valence electrons. The third kappa shape index (κ3) is 4.40. The van der Waals surface area contributed by atoms with Crippen molar-refractivity contribution in [3.05, 3.63) is 65.7 Å². The second-order valence-electron chi connectivity index (χ2n) is 5.76. The smallest absolute Gasteiger partial charge is 0.290 e. The number of amidine groups is 1. The minimum atomic E-state index is 0.716. The van der Waals surface area contributed by atoms with Crippen molar-refractivity contribution >= 4 is 28.9 Å². The highest BCUT2D eigenvalue weighted by molar-refractivity contribution is 7.79. The SMILES string of the molecule is Cc1ccc(C(Nc2ccccc2)=[NH+]C(=S)N2CCOCC2)cc1. The number of nitrogens with one attached hydrogen (secondary N) is 2. The summed E-state index contributed by atoms with van der Waals surface area (Å²) in [5.41, 5.74) is 3.32. The normalized spacial score (nSPS) is 15.2. The number of aryl methyl sites for hydroxylation is 1. The van der Waals surface area contributed by atoms with Crippen molar-refractivity contribution in [3.8, 4) is 0 Å². The van der Waals surface area contributed by atoms with E-state index in [2.05, 4.69) is 46.4 Å². The molecule has 0 unspecified atom stereocenters. The van der Waals surface area contributed by atoms with Crippen LogP contribution < -0.4 is 10.3 Å². The average molecular weight is 340 g/mol. The first-order valence-corrected chi connectivity index (χ1v) is 8.53. The molecule has 2 aromatic rings. The Hall–Kier alpha value is -2.24. The highest BCUT2D eigenvalue weighted by atomic mass is 32.1. The van der Waals surface area contributed by atoms with Gasteiger partial charge in [0.15, 0.2) is 0 Å². The van der Waals surface area contributed by atoms with Gasteiger partial charge in [-0.2, -0.15) is 0 Å². The van der Waals surface area contributed by atoms with E-state index in [-0.39, 0.29) is 0 Å². The second-order valence-corrected chi connectivity index (χ2v) is 6.15. The van der Waals surface area contributed by atoms with Crippen molar-refractivity contribution in [2.75, 3.05) is 31.6 Å². The Morgan fingerprint density at radius 3 is 2.38 bits per heavy atom. The van der Waals surface area contributed by atoms with E-state index in [0.717, 1.165) is 35.3 Å². The molecule has 0 aromatic heterocycles. The molecule has 2 N–H and O–H groups in total. The molecule has 1 fully saturated rings. The topological polar surface area (TPSA) is 38.5 Å². The third-order valence-corrected chi connectivity index (χ3v) is 4.27. The van der Waals surface area contributed by atoms with Gasteiger partial charge in [0.05, 0.1) is 32.0 Å². The molecule has 4 nitrogen and oxygen atoms in total. The van der Waals surface area contributed by atoms with Gasteiger partial charge in [-0.1, -0.05) is 35.9 Å². The first-order chi connectivity index (χ1) is 11.7. The Morgan fingerprint density at radius 1 is 1.04 bits per heavy atom. The van der Waals surface area contributed by atoms with E-state index in [4.69, 9.17) is 17.0 Å². The molecule has 0 atom stereocenters. The average Bonchev–Trinajstić information content (AvgIpc) is 2.63. The van der Waals surface area contributed by atoms with E-state index >= 15 is 0 Å². The summed E-state index contributed by atoms with van der Waals surface area (Å²) < 4.78 is 5.40. The van der Waals surface area contributed by atoms with Crippen LogP contribution in [0.1, 0.15) is 11.1 Å². The maximum atomic E-state index is 5.59. The van der Waals surface area contributed by atoms with Gasteiger partial charge < -0.3 is 4.74 Å². The lowest BCUT2D eigenvalue weighted by Crippen LogP contribution is -2.82. The van der Waals surface area contributed by atoms with Gasteiger partial charge in [0.1, 0.15) is 0 Å². The molecule has 2 aromatic carbocycles. The van der Waals surface area contributed by atoms with Crippen molar-refractivity contribution in [1.29, 1.82) is 0 Å². The molecule has 1 aliphatic rings. The number of benzene rings is 2. The summed E-state index contributed by atoms with van der Waals surface area (Å²) in [4.78, 5) is 5.52. The molecule has 0 radical (unpaired) electrons. The van der Waals surface area contributed by atoms with Gasteiger partial charge in [-0.15, -0.1) is 0 Å². The van der Waals surface area contributed by atoms with E-state index in [1.807, 2.05) is 30.3 Å². The Balaban J connectivity index is 1.87. The first kappa shape index (κ1) is 16.6. The van der Waals surface area contributed by atoms with Crippen LogP contribution in [0.3, 0.4) is 0 Å². The summed E-state index contributed by atoms with van der Waals surface area (Å²) in [5, 5.41) is 4.16. The van der Waals surface area contributed by atoms with Crippen molar-refractivity contribution < 1.29 is 9.73 Å². The summed E-state index contributed by atoms with van der Waals surface area (Å²) in [6.07, 6.45) is 0. The number of anilines is 1. The predicted octanol–water partition coefficient (Wildman–Crippen LogP) is 1.55. The van der Waals surface area contributed by atoms with Crippen LogP contribution in [-0.4, -0.2) is 42.2 Å². The molecule has 1 heterocycles. The lowest BCUT2D eigenvalue weighted by molar-refractivity contribution is -0.326. The van der Waals surface area contributed by atoms with E-state index in [9.17, 15) is 0 Å². The van der Waals surface area contributed by atoms with Crippen LogP contribution in [0.25, 0.3) is 0 Å². The van der Waals surface area contributed by atoms with Crippen LogP contribution in [0.2, 0.25) is 0 Å². The van der Waals surface area contributed by atoms with Crippen LogP contribution in [0, 0.1) is 6.92 Å². The molecule has 5 heteroatoms. The quantitative estimate of drug-likeness (QED) is 0.494.